The van der Waals surface area contributed by atoms with Gasteiger partial charge in [0, 0.05) is 0 Å². The lowest BCUT2D eigenvalue weighted by molar-refractivity contribution is 0.207. The molecule has 1 fully saturated rings. The van der Waals surface area contributed by atoms with Crippen molar-refractivity contribution in [1.29, 1.82) is 0 Å². The molecule has 2 heterocycles. The van der Waals surface area contributed by atoms with Gasteiger partial charge in [0.2, 0.25) is 5.13 Å². The first-order chi connectivity index (χ1) is 11.0. The first kappa shape index (κ1) is 16.5. The zero-order chi connectivity index (χ0) is 16.4. The van der Waals surface area contributed by atoms with E-state index in [2.05, 4.69) is 15.5 Å². The summed E-state index contributed by atoms with van der Waals surface area (Å²) < 4.78 is 28.9. The number of nitrogens with zero attached hydrogens (tertiary/aromatic N) is 2. The van der Waals surface area contributed by atoms with Crippen molar-refractivity contribution in [2.75, 3.05) is 23.9 Å². The van der Waals surface area contributed by atoms with Crippen molar-refractivity contribution in [1.82, 2.24) is 10.2 Å². The Labute approximate surface area is 142 Å². The lowest BCUT2D eigenvalue weighted by Crippen LogP contribution is -2.19. The van der Waals surface area contributed by atoms with E-state index in [1.54, 1.807) is 7.11 Å². The number of methoxy groups -OCH3 is 1. The number of benzene rings is 1. The Bertz CT molecular complexity index is 793. The monoisotopic (exact) mass is 373 g/mol. The van der Waals surface area contributed by atoms with Gasteiger partial charge in [-0.25, -0.2) is 8.42 Å². The summed E-state index contributed by atoms with van der Waals surface area (Å²) >= 11 is 2.55. The molecule has 1 saturated heterocycles. The van der Waals surface area contributed by atoms with Crippen LogP contribution in [0.3, 0.4) is 0 Å². The van der Waals surface area contributed by atoms with Crippen LogP contribution >= 0.6 is 23.1 Å². The van der Waals surface area contributed by atoms with Gasteiger partial charge in [-0.05, 0) is 12.1 Å². The number of para-hydroxylation sites is 2. The van der Waals surface area contributed by atoms with Gasteiger partial charge in [-0.1, -0.05) is 35.2 Å². The molecule has 1 aliphatic heterocycles. The third-order valence-electron chi connectivity index (χ3n) is 3.28. The standard InChI is InChI=1S/C13H15N3O4S3/c1-20-10-5-3-2-4-8(10)14-12-15-16-13(22-12)21-11-7-23(18,19)6-9(11)17/h2-5,9,11,17H,6-7H2,1H3,(H,14,15)/t9-,11+/m1/s1. The smallest absolute Gasteiger partial charge is 0.210 e. The predicted octanol–water partition coefficient (Wildman–Crippen LogP) is 1.54. The second kappa shape index (κ2) is 6.63. The topological polar surface area (TPSA) is 101 Å². The SMILES string of the molecule is COc1ccccc1Nc1nnc(S[C@H]2CS(=O)(=O)C[C@H]2O)s1. The van der Waals surface area contributed by atoms with E-state index in [0.29, 0.717) is 15.2 Å². The molecule has 0 saturated carbocycles. The van der Waals surface area contributed by atoms with E-state index < -0.39 is 21.2 Å². The van der Waals surface area contributed by atoms with Gasteiger partial charge in [0.1, 0.15) is 5.75 Å². The molecular formula is C13H15N3O4S3. The van der Waals surface area contributed by atoms with E-state index in [9.17, 15) is 13.5 Å². The lowest BCUT2D eigenvalue weighted by atomic mass is 10.3. The number of aliphatic hydroxyl groups is 1. The Hall–Kier alpha value is -1.36. The molecule has 2 aromatic rings. The van der Waals surface area contributed by atoms with Crippen LogP contribution in [0, 0.1) is 0 Å². The molecule has 0 aliphatic carbocycles. The number of anilines is 2. The number of hydrogen-bond donors (Lipinski definition) is 2. The van der Waals surface area contributed by atoms with E-state index in [0.717, 1.165) is 5.69 Å². The normalized spacial score (nSPS) is 22.9. The van der Waals surface area contributed by atoms with Crippen LogP contribution < -0.4 is 10.1 Å². The highest BCUT2D eigenvalue weighted by molar-refractivity contribution is 8.03. The molecule has 0 amide bonds. The predicted molar refractivity (Wildman–Crippen MR) is 90.5 cm³/mol. The van der Waals surface area contributed by atoms with Crippen LogP contribution in [-0.4, -0.2) is 53.7 Å². The molecule has 1 aliphatic rings. The van der Waals surface area contributed by atoms with Crippen LogP contribution in [0.4, 0.5) is 10.8 Å². The van der Waals surface area contributed by atoms with Gasteiger partial charge >= 0.3 is 0 Å². The second-order valence-electron chi connectivity index (χ2n) is 5.00. The largest absolute Gasteiger partial charge is 0.495 e. The number of aliphatic hydroxyl groups excluding tert-OH is 1. The van der Waals surface area contributed by atoms with Gasteiger partial charge in [-0.2, -0.15) is 0 Å². The van der Waals surface area contributed by atoms with Gasteiger partial charge in [-0.3, -0.25) is 0 Å². The minimum absolute atomic E-state index is 0.0340. The third kappa shape index (κ3) is 3.94. The van der Waals surface area contributed by atoms with Crippen LogP contribution in [0.5, 0.6) is 5.75 Å². The quantitative estimate of drug-likeness (QED) is 0.814. The van der Waals surface area contributed by atoms with Crippen molar-refractivity contribution in [3.05, 3.63) is 24.3 Å². The summed E-state index contributed by atoms with van der Waals surface area (Å²) in [5.74, 6) is 0.470. The van der Waals surface area contributed by atoms with Crippen molar-refractivity contribution in [3.8, 4) is 5.75 Å². The number of rotatable bonds is 5. The van der Waals surface area contributed by atoms with Crippen LogP contribution in [-0.2, 0) is 9.84 Å². The molecule has 0 radical (unpaired) electrons. The van der Waals surface area contributed by atoms with Crippen LogP contribution in [0.2, 0.25) is 0 Å². The van der Waals surface area contributed by atoms with Crippen LogP contribution in [0.15, 0.2) is 28.6 Å². The number of aromatic nitrogens is 2. The first-order valence-corrected chi connectivity index (χ1v) is 10.3. The van der Waals surface area contributed by atoms with Gasteiger partial charge in [0.05, 0.1) is 35.7 Å². The van der Waals surface area contributed by atoms with Gasteiger partial charge in [0.25, 0.3) is 0 Å². The molecule has 0 spiro atoms. The fraction of sp³-hybridized carbons (Fsp3) is 0.385. The van der Waals surface area contributed by atoms with Crippen molar-refractivity contribution < 1.29 is 18.3 Å². The highest BCUT2D eigenvalue weighted by Crippen LogP contribution is 2.36. The second-order valence-corrected chi connectivity index (χ2v) is 9.62. The van der Waals surface area contributed by atoms with Crippen molar-refractivity contribution >= 4 is 43.8 Å². The zero-order valence-electron chi connectivity index (χ0n) is 12.2. The Balaban J connectivity index is 1.69. The molecule has 3 rings (SSSR count). The molecule has 23 heavy (non-hydrogen) atoms. The summed E-state index contributed by atoms with van der Waals surface area (Å²) in [5, 5.41) is 21.2. The highest BCUT2D eigenvalue weighted by Gasteiger charge is 2.37. The Kier molecular flexibility index (Phi) is 4.76. The summed E-state index contributed by atoms with van der Waals surface area (Å²) in [4.78, 5) is 0. The fourth-order valence-electron chi connectivity index (χ4n) is 2.21. The summed E-state index contributed by atoms with van der Waals surface area (Å²) in [6, 6.07) is 7.44. The van der Waals surface area contributed by atoms with E-state index in [1.165, 1.54) is 23.1 Å². The van der Waals surface area contributed by atoms with Crippen molar-refractivity contribution in [2.24, 2.45) is 0 Å². The highest BCUT2D eigenvalue weighted by atomic mass is 32.2. The van der Waals surface area contributed by atoms with E-state index in [4.69, 9.17) is 4.74 Å². The molecule has 2 N–H and O–H groups in total. The Morgan fingerprint density at radius 3 is 2.83 bits per heavy atom. The first-order valence-electron chi connectivity index (χ1n) is 6.75. The minimum atomic E-state index is -3.16. The summed E-state index contributed by atoms with van der Waals surface area (Å²) in [5.41, 5.74) is 0.770. The number of ether oxygens (including phenoxy) is 1. The molecule has 10 heteroatoms. The van der Waals surface area contributed by atoms with Crippen molar-refractivity contribution in [3.63, 3.8) is 0 Å². The molecular weight excluding hydrogens is 358 g/mol. The molecule has 1 aromatic carbocycles. The number of hydrogen-bond acceptors (Lipinski definition) is 9. The Morgan fingerprint density at radius 1 is 1.35 bits per heavy atom. The molecule has 0 bridgehead atoms. The fourth-order valence-corrected chi connectivity index (χ4v) is 6.73. The maximum Gasteiger partial charge on any atom is 0.210 e. The molecule has 0 unspecified atom stereocenters. The number of thioether (sulfide) groups is 1. The maximum atomic E-state index is 11.5. The van der Waals surface area contributed by atoms with Gasteiger partial charge in [0.15, 0.2) is 14.2 Å². The maximum absolute atomic E-state index is 11.5. The average Bonchev–Trinajstić information content (AvgIpc) is 3.03. The Morgan fingerprint density at radius 2 is 2.13 bits per heavy atom. The summed E-state index contributed by atoms with van der Waals surface area (Å²) in [6.07, 6.45) is -0.862. The van der Waals surface area contributed by atoms with E-state index in [-0.39, 0.29) is 11.5 Å². The lowest BCUT2D eigenvalue weighted by Gasteiger charge is -2.09. The van der Waals surface area contributed by atoms with Gasteiger partial charge < -0.3 is 15.2 Å². The third-order valence-corrected chi connectivity index (χ3v) is 7.45. The minimum Gasteiger partial charge on any atom is -0.495 e. The zero-order valence-corrected chi connectivity index (χ0v) is 14.6. The number of sulfone groups is 1. The van der Waals surface area contributed by atoms with Crippen LogP contribution in [0.25, 0.3) is 0 Å². The van der Waals surface area contributed by atoms with E-state index >= 15 is 0 Å². The summed E-state index contributed by atoms with van der Waals surface area (Å²) in [7, 11) is -1.57. The van der Waals surface area contributed by atoms with Crippen molar-refractivity contribution in [2.45, 2.75) is 15.7 Å². The van der Waals surface area contributed by atoms with E-state index in [1.807, 2.05) is 24.3 Å². The van der Waals surface area contributed by atoms with Gasteiger partial charge in [-0.15, -0.1) is 10.2 Å². The molecule has 7 nitrogen and oxygen atoms in total. The molecule has 2 atom stereocenters. The molecule has 1 aromatic heterocycles. The summed E-state index contributed by atoms with van der Waals surface area (Å²) in [6.45, 7) is 0. The molecule has 124 valence electrons. The average molecular weight is 373 g/mol. The number of nitrogens with one attached hydrogen (secondary N) is 1. The van der Waals surface area contributed by atoms with Crippen LogP contribution in [0.1, 0.15) is 0 Å².